The summed E-state index contributed by atoms with van der Waals surface area (Å²) in [6.45, 7) is 4.43. The Morgan fingerprint density at radius 3 is 2.46 bits per heavy atom. The maximum absolute atomic E-state index is 14.3. The second-order valence-corrected chi connectivity index (χ2v) is 9.85. The molecule has 2 amide bonds. The molecule has 0 saturated heterocycles. The van der Waals surface area contributed by atoms with E-state index >= 15 is 0 Å². The van der Waals surface area contributed by atoms with Crippen molar-refractivity contribution in [2.75, 3.05) is 11.4 Å². The molecule has 6 rings (SSSR count). The van der Waals surface area contributed by atoms with E-state index in [1.54, 1.807) is 23.1 Å². The SMILES string of the molecule is CCN1C(=O)C2(c3ccccc31)c1c(oc3ccc(Br)cc3c1=O)C(=O)N2Cc1ccc(C)cc1. The molecule has 1 atom stereocenters. The third-order valence-electron chi connectivity index (χ3n) is 6.98. The van der Waals surface area contributed by atoms with Gasteiger partial charge in [0.05, 0.1) is 16.6 Å². The third kappa shape index (κ3) is 2.85. The Morgan fingerprint density at radius 1 is 0.971 bits per heavy atom. The molecule has 0 aliphatic carbocycles. The van der Waals surface area contributed by atoms with Crippen molar-refractivity contribution in [3.63, 3.8) is 0 Å². The fraction of sp³-hybridized carbons (Fsp3) is 0.179. The molecular weight excluding hydrogens is 508 g/mol. The quantitative estimate of drug-likeness (QED) is 0.369. The van der Waals surface area contributed by atoms with E-state index in [-0.39, 0.29) is 29.2 Å². The van der Waals surface area contributed by atoms with Crippen molar-refractivity contribution in [1.29, 1.82) is 0 Å². The van der Waals surface area contributed by atoms with Crippen LogP contribution in [0.5, 0.6) is 0 Å². The van der Waals surface area contributed by atoms with Gasteiger partial charge in [0.2, 0.25) is 5.76 Å². The summed E-state index contributed by atoms with van der Waals surface area (Å²) in [5, 5.41) is 0.322. The van der Waals surface area contributed by atoms with Crippen LogP contribution in [0.2, 0.25) is 0 Å². The minimum absolute atomic E-state index is 0.0713. The molecule has 174 valence electrons. The lowest BCUT2D eigenvalue weighted by atomic mass is 9.83. The highest BCUT2D eigenvalue weighted by molar-refractivity contribution is 9.10. The summed E-state index contributed by atoms with van der Waals surface area (Å²) >= 11 is 3.42. The summed E-state index contributed by atoms with van der Waals surface area (Å²) < 4.78 is 6.78. The van der Waals surface area contributed by atoms with Gasteiger partial charge in [0.1, 0.15) is 5.58 Å². The highest BCUT2D eigenvalue weighted by Gasteiger charge is 2.64. The Bertz CT molecular complexity index is 1610. The minimum Gasteiger partial charge on any atom is -0.450 e. The van der Waals surface area contributed by atoms with Gasteiger partial charge in [-0.05, 0) is 43.7 Å². The maximum atomic E-state index is 14.3. The summed E-state index contributed by atoms with van der Waals surface area (Å²) in [7, 11) is 0. The van der Waals surface area contributed by atoms with E-state index in [0.717, 1.165) is 11.1 Å². The van der Waals surface area contributed by atoms with Gasteiger partial charge in [0.25, 0.3) is 11.8 Å². The lowest BCUT2D eigenvalue weighted by molar-refractivity contribution is -0.126. The van der Waals surface area contributed by atoms with E-state index in [1.807, 2.05) is 62.4 Å². The van der Waals surface area contributed by atoms with Crippen molar-refractivity contribution in [2.24, 2.45) is 0 Å². The molecule has 1 unspecified atom stereocenters. The number of carbonyl (C=O) groups is 2. The highest BCUT2D eigenvalue weighted by atomic mass is 79.9. The second kappa shape index (κ2) is 7.65. The molecule has 1 spiro atoms. The lowest BCUT2D eigenvalue weighted by Gasteiger charge is -2.34. The lowest BCUT2D eigenvalue weighted by Crippen LogP contribution is -2.53. The van der Waals surface area contributed by atoms with Crippen LogP contribution in [0.25, 0.3) is 11.0 Å². The van der Waals surface area contributed by atoms with Gasteiger partial charge < -0.3 is 14.2 Å². The number of likely N-dealkylation sites (N-methyl/N-ethyl adjacent to an activating group) is 1. The monoisotopic (exact) mass is 528 g/mol. The van der Waals surface area contributed by atoms with Crippen molar-refractivity contribution < 1.29 is 14.0 Å². The zero-order valence-corrected chi connectivity index (χ0v) is 20.8. The van der Waals surface area contributed by atoms with Crippen LogP contribution < -0.4 is 10.3 Å². The first-order valence-corrected chi connectivity index (χ1v) is 12.2. The number of aryl methyl sites for hydroxylation is 1. The molecule has 1 aromatic heterocycles. The largest absolute Gasteiger partial charge is 0.450 e. The van der Waals surface area contributed by atoms with Gasteiger partial charge in [0, 0.05) is 23.1 Å². The van der Waals surface area contributed by atoms with Crippen LogP contribution in [0.1, 0.15) is 39.7 Å². The maximum Gasteiger partial charge on any atom is 0.291 e. The number of para-hydroxylation sites is 1. The molecule has 0 bridgehead atoms. The van der Waals surface area contributed by atoms with E-state index in [4.69, 9.17) is 4.42 Å². The zero-order valence-electron chi connectivity index (χ0n) is 19.2. The zero-order chi connectivity index (χ0) is 24.5. The Morgan fingerprint density at radius 2 is 1.71 bits per heavy atom. The Hall–Kier alpha value is -3.71. The fourth-order valence-corrected chi connectivity index (χ4v) is 5.74. The predicted molar refractivity (Wildman–Crippen MR) is 136 cm³/mol. The number of amides is 2. The van der Waals surface area contributed by atoms with Gasteiger partial charge in [-0.15, -0.1) is 0 Å². The van der Waals surface area contributed by atoms with Gasteiger partial charge in [-0.3, -0.25) is 14.4 Å². The number of hydrogen-bond acceptors (Lipinski definition) is 4. The number of halogens is 1. The van der Waals surface area contributed by atoms with Crippen molar-refractivity contribution in [1.82, 2.24) is 4.90 Å². The molecule has 0 saturated carbocycles. The van der Waals surface area contributed by atoms with E-state index < -0.39 is 11.4 Å². The van der Waals surface area contributed by atoms with Crippen molar-refractivity contribution in [3.05, 3.63) is 109 Å². The summed E-state index contributed by atoms with van der Waals surface area (Å²) in [6, 6.07) is 20.3. The topological polar surface area (TPSA) is 70.8 Å². The normalized spacial score (nSPS) is 18.6. The molecule has 6 nitrogen and oxygen atoms in total. The number of anilines is 1. The van der Waals surface area contributed by atoms with Gasteiger partial charge in [-0.2, -0.15) is 0 Å². The first kappa shape index (κ1) is 21.8. The van der Waals surface area contributed by atoms with E-state index in [2.05, 4.69) is 15.9 Å². The molecule has 0 N–H and O–H groups in total. The summed E-state index contributed by atoms with van der Waals surface area (Å²) in [6.07, 6.45) is 0. The molecule has 2 aliphatic heterocycles. The first-order valence-electron chi connectivity index (χ1n) is 11.4. The molecule has 7 heteroatoms. The van der Waals surface area contributed by atoms with Gasteiger partial charge in [-0.1, -0.05) is 64.0 Å². The van der Waals surface area contributed by atoms with Crippen LogP contribution in [0.4, 0.5) is 5.69 Å². The van der Waals surface area contributed by atoms with E-state index in [0.29, 0.717) is 33.2 Å². The highest BCUT2D eigenvalue weighted by Crippen LogP contribution is 2.53. The molecule has 0 radical (unpaired) electrons. The van der Waals surface area contributed by atoms with Crippen molar-refractivity contribution >= 4 is 44.4 Å². The molecule has 0 fully saturated rings. The number of carbonyl (C=O) groups excluding carboxylic acids is 2. The third-order valence-corrected chi connectivity index (χ3v) is 7.47. The van der Waals surface area contributed by atoms with Crippen LogP contribution in [0, 0.1) is 6.92 Å². The van der Waals surface area contributed by atoms with Gasteiger partial charge in [0.15, 0.2) is 11.0 Å². The molecular formula is C28H21BrN2O4. The van der Waals surface area contributed by atoms with E-state index in [9.17, 15) is 14.4 Å². The predicted octanol–water partition coefficient (Wildman–Crippen LogP) is 5.13. The average Bonchev–Trinajstić information content (AvgIpc) is 3.25. The van der Waals surface area contributed by atoms with Crippen LogP contribution >= 0.6 is 15.9 Å². The Balaban J connectivity index is 1.71. The van der Waals surface area contributed by atoms with Crippen molar-refractivity contribution in [3.8, 4) is 0 Å². The van der Waals surface area contributed by atoms with Crippen LogP contribution in [0.15, 0.2) is 80.4 Å². The molecule has 3 aromatic carbocycles. The van der Waals surface area contributed by atoms with Gasteiger partial charge in [-0.25, -0.2) is 0 Å². The molecule has 3 heterocycles. The molecule has 2 aliphatic rings. The summed E-state index contributed by atoms with van der Waals surface area (Å²) in [5.74, 6) is -0.858. The Kier molecular flexibility index (Phi) is 4.76. The second-order valence-electron chi connectivity index (χ2n) is 8.93. The van der Waals surface area contributed by atoms with E-state index in [1.165, 1.54) is 4.90 Å². The van der Waals surface area contributed by atoms with Crippen LogP contribution in [-0.2, 0) is 16.9 Å². The summed E-state index contributed by atoms with van der Waals surface area (Å²) in [4.78, 5) is 45.4. The number of hydrogen-bond donors (Lipinski definition) is 0. The average molecular weight is 529 g/mol. The molecule has 35 heavy (non-hydrogen) atoms. The molecule has 4 aromatic rings. The van der Waals surface area contributed by atoms with Crippen LogP contribution in [-0.4, -0.2) is 23.3 Å². The number of nitrogens with zero attached hydrogens (tertiary/aromatic N) is 2. The standard InChI is InChI=1S/C28H21BrN2O4/c1-3-30-21-7-5-4-6-20(21)28(27(30)34)23-24(32)19-14-18(29)12-13-22(19)35-25(23)26(33)31(28)15-17-10-8-16(2)9-11-17/h4-14H,3,15H2,1-2H3. The number of fused-ring (bicyclic) bond motifs is 5. The first-order chi connectivity index (χ1) is 16.9. The number of rotatable bonds is 3. The fourth-order valence-electron chi connectivity index (χ4n) is 5.37. The van der Waals surface area contributed by atoms with Crippen LogP contribution in [0.3, 0.4) is 0 Å². The summed E-state index contributed by atoms with van der Waals surface area (Å²) in [5.41, 5.74) is 1.70. The van der Waals surface area contributed by atoms with Gasteiger partial charge >= 0.3 is 0 Å². The smallest absolute Gasteiger partial charge is 0.291 e. The minimum atomic E-state index is -1.60. The van der Waals surface area contributed by atoms with Crippen molar-refractivity contribution in [2.45, 2.75) is 25.9 Å². The number of benzene rings is 3. The Labute approximate surface area is 209 Å².